The summed E-state index contributed by atoms with van der Waals surface area (Å²) in [5, 5.41) is -0.254. The third-order valence-electron chi connectivity index (χ3n) is 2.57. The van der Waals surface area contributed by atoms with E-state index in [1.807, 2.05) is 0 Å². The molecule has 0 amide bonds. The van der Waals surface area contributed by atoms with E-state index in [1.165, 1.54) is 18.0 Å². The number of hydrogen-bond acceptors (Lipinski definition) is 5. The number of carbonyl (C=O) groups excluding carboxylic acids is 1. The molecule has 1 aromatic rings. The van der Waals surface area contributed by atoms with Crippen LogP contribution in [0, 0.1) is 0 Å². The van der Waals surface area contributed by atoms with Crippen molar-refractivity contribution in [2.75, 3.05) is 24.9 Å². The number of hydrogen-bond donors (Lipinski definition) is 0. The molecule has 106 valence electrons. The first kappa shape index (κ1) is 16.0. The van der Waals surface area contributed by atoms with Gasteiger partial charge in [-0.1, -0.05) is 0 Å². The lowest BCUT2D eigenvalue weighted by Gasteiger charge is -2.10. The second-order valence-electron chi connectivity index (χ2n) is 4.24. The molecule has 0 aliphatic heterocycles. The van der Waals surface area contributed by atoms with Crippen molar-refractivity contribution in [1.29, 1.82) is 0 Å². The Labute approximate surface area is 118 Å². The Hall–Kier alpha value is -1.01. The molecular formula is C13H18O4S2. The first-order valence-corrected chi connectivity index (χ1v) is 8.92. The Morgan fingerprint density at radius 3 is 2.37 bits per heavy atom. The molecule has 1 atom stereocenters. The summed E-state index contributed by atoms with van der Waals surface area (Å²) in [4.78, 5) is 12.1. The molecule has 0 fully saturated rings. The lowest BCUT2D eigenvalue weighted by atomic mass is 10.1. The van der Waals surface area contributed by atoms with E-state index in [0.29, 0.717) is 17.1 Å². The molecule has 0 aliphatic rings. The topological polar surface area (TPSA) is 60.4 Å². The van der Waals surface area contributed by atoms with Gasteiger partial charge in [-0.15, -0.1) is 11.8 Å². The predicted molar refractivity (Wildman–Crippen MR) is 79.0 cm³/mol. The highest BCUT2D eigenvalue weighted by Gasteiger charge is 2.16. The van der Waals surface area contributed by atoms with Gasteiger partial charge < -0.3 is 4.74 Å². The van der Waals surface area contributed by atoms with Crippen molar-refractivity contribution in [3.05, 3.63) is 29.8 Å². The lowest BCUT2D eigenvalue weighted by Crippen LogP contribution is -2.16. The summed E-state index contributed by atoms with van der Waals surface area (Å²) < 4.78 is 27.1. The van der Waals surface area contributed by atoms with Gasteiger partial charge >= 0.3 is 0 Å². The number of ketones is 1. The molecule has 0 saturated heterocycles. The van der Waals surface area contributed by atoms with Gasteiger partial charge in [-0.05, 0) is 31.2 Å². The van der Waals surface area contributed by atoms with E-state index in [-0.39, 0.29) is 16.8 Å². The number of benzene rings is 1. The Morgan fingerprint density at radius 2 is 1.89 bits per heavy atom. The summed E-state index contributed by atoms with van der Waals surface area (Å²) in [5.74, 6) is 1.23. The van der Waals surface area contributed by atoms with Crippen LogP contribution in [0.4, 0.5) is 0 Å². The van der Waals surface area contributed by atoms with Gasteiger partial charge in [0.2, 0.25) is 0 Å². The van der Waals surface area contributed by atoms with Crippen LogP contribution in [0.1, 0.15) is 17.3 Å². The van der Waals surface area contributed by atoms with Crippen LogP contribution in [0.2, 0.25) is 0 Å². The van der Waals surface area contributed by atoms with Crippen LogP contribution >= 0.6 is 11.8 Å². The second-order valence-corrected chi connectivity index (χ2v) is 7.94. The summed E-state index contributed by atoms with van der Waals surface area (Å²) >= 11 is 1.36. The molecule has 0 aromatic heterocycles. The van der Waals surface area contributed by atoms with E-state index in [1.54, 1.807) is 38.3 Å². The van der Waals surface area contributed by atoms with Gasteiger partial charge in [0.15, 0.2) is 5.78 Å². The third-order valence-corrected chi connectivity index (χ3v) is 4.92. The van der Waals surface area contributed by atoms with E-state index in [0.717, 1.165) is 0 Å². The number of carbonyl (C=O) groups is 1. The molecule has 0 heterocycles. The first-order valence-electron chi connectivity index (χ1n) is 5.81. The SMILES string of the molecule is COc1ccc(C(=O)C(C)SCCS(C)(=O)=O)cc1. The summed E-state index contributed by atoms with van der Waals surface area (Å²) in [7, 11) is -1.40. The monoisotopic (exact) mass is 302 g/mol. The molecule has 19 heavy (non-hydrogen) atoms. The normalized spacial score (nSPS) is 13.0. The number of sulfone groups is 1. The Morgan fingerprint density at radius 1 is 1.32 bits per heavy atom. The lowest BCUT2D eigenvalue weighted by molar-refractivity contribution is 0.0994. The van der Waals surface area contributed by atoms with Crippen molar-refractivity contribution < 1.29 is 17.9 Å². The molecule has 0 saturated carbocycles. The van der Waals surface area contributed by atoms with Crippen LogP contribution in [0.3, 0.4) is 0 Å². The largest absolute Gasteiger partial charge is 0.497 e. The molecule has 1 unspecified atom stereocenters. The smallest absolute Gasteiger partial charge is 0.175 e. The average molecular weight is 302 g/mol. The maximum Gasteiger partial charge on any atom is 0.175 e. The Bertz CT molecular complexity index is 520. The van der Waals surface area contributed by atoms with Crippen molar-refractivity contribution in [2.45, 2.75) is 12.2 Å². The zero-order valence-electron chi connectivity index (χ0n) is 11.3. The van der Waals surface area contributed by atoms with Crippen LogP contribution in [0.25, 0.3) is 0 Å². The highest BCUT2D eigenvalue weighted by Crippen LogP contribution is 2.18. The average Bonchev–Trinajstić information content (AvgIpc) is 2.36. The molecule has 0 N–H and O–H groups in total. The highest BCUT2D eigenvalue weighted by molar-refractivity contribution is 8.01. The maximum absolute atomic E-state index is 12.1. The minimum absolute atomic E-state index is 0.00107. The number of methoxy groups -OCH3 is 1. The van der Waals surface area contributed by atoms with Gasteiger partial charge in [-0.25, -0.2) is 8.42 Å². The standard InChI is InChI=1S/C13H18O4S2/c1-10(18-8-9-19(3,15)16)13(14)11-4-6-12(17-2)7-5-11/h4-7,10H,8-9H2,1-3H3. The summed E-state index contributed by atoms with van der Waals surface area (Å²) in [6.07, 6.45) is 1.20. The van der Waals surface area contributed by atoms with Crippen molar-refractivity contribution >= 4 is 27.4 Å². The summed E-state index contributed by atoms with van der Waals surface area (Å²) in [6.45, 7) is 1.79. The number of thioether (sulfide) groups is 1. The fraction of sp³-hybridized carbons (Fsp3) is 0.462. The highest BCUT2D eigenvalue weighted by atomic mass is 32.2. The Kier molecular flexibility index (Phi) is 5.87. The first-order chi connectivity index (χ1) is 8.83. The van der Waals surface area contributed by atoms with Crippen LogP contribution in [0.15, 0.2) is 24.3 Å². The van der Waals surface area contributed by atoms with Gasteiger partial charge in [-0.2, -0.15) is 0 Å². The Balaban J connectivity index is 2.56. The van der Waals surface area contributed by atoms with Crippen molar-refractivity contribution in [2.24, 2.45) is 0 Å². The van der Waals surface area contributed by atoms with Crippen molar-refractivity contribution in [3.63, 3.8) is 0 Å². The molecule has 0 aliphatic carbocycles. The summed E-state index contributed by atoms with van der Waals surface area (Å²) in [6, 6.07) is 6.91. The minimum atomic E-state index is -2.97. The predicted octanol–water partition coefficient (Wildman–Crippen LogP) is 2.04. The van der Waals surface area contributed by atoms with Crippen LogP contribution < -0.4 is 4.74 Å². The zero-order chi connectivity index (χ0) is 14.5. The molecule has 6 heteroatoms. The number of ether oxygens (including phenoxy) is 1. The van der Waals surface area contributed by atoms with Gasteiger partial charge in [-0.3, -0.25) is 4.79 Å². The van der Waals surface area contributed by atoms with E-state index < -0.39 is 9.84 Å². The third kappa shape index (κ3) is 5.65. The molecule has 0 bridgehead atoms. The number of rotatable bonds is 7. The van der Waals surface area contributed by atoms with E-state index in [4.69, 9.17) is 4.74 Å². The van der Waals surface area contributed by atoms with Gasteiger partial charge in [0.1, 0.15) is 15.6 Å². The van der Waals surface area contributed by atoms with Crippen molar-refractivity contribution in [3.8, 4) is 5.75 Å². The minimum Gasteiger partial charge on any atom is -0.497 e. The van der Waals surface area contributed by atoms with Crippen LogP contribution in [-0.2, 0) is 9.84 Å². The van der Waals surface area contributed by atoms with Gasteiger partial charge in [0.25, 0.3) is 0 Å². The van der Waals surface area contributed by atoms with Crippen LogP contribution in [0.5, 0.6) is 5.75 Å². The zero-order valence-corrected chi connectivity index (χ0v) is 12.9. The maximum atomic E-state index is 12.1. The number of Topliss-reactive ketones (excluding diaryl/α,β-unsaturated/α-hetero) is 1. The molecule has 4 nitrogen and oxygen atoms in total. The van der Waals surface area contributed by atoms with Crippen LogP contribution in [-0.4, -0.2) is 44.3 Å². The van der Waals surface area contributed by atoms with E-state index in [9.17, 15) is 13.2 Å². The second kappa shape index (κ2) is 6.96. The van der Waals surface area contributed by atoms with Gasteiger partial charge in [0, 0.05) is 17.6 Å². The molecule has 0 radical (unpaired) electrons. The fourth-order valence-corrected chi connectivity index (χ4v) is 3.68. The molecular weight excluding hydrogens is 284 g/mol. The quantitative estimate of drug-likeness (QED) is 0.721. The van der Waals surface area contributed by atoms with E-state index in [2.05, 4.69) is 0 Å². The van der Waals surface area contributed by atoms with Crippen molar-refractivity contribution in [1.82, 2.24) is 0 Å². The molecule has 1 rings (SSSR count). The summed E-state index contributed by atoms with van der Waals surface area (Å²) in [5.41, 5.74) is 0.611. The fourth-order valence-electron chi connectivity index (χ4n) is 1.44. The van der Waals surface area contributed by atoms with Gasteiger partial charge in [0.05, 0.1) is 18.1 Å². The van der Waals surface area contributed by atoms with E-state index >= 15 is 0 Å². The molecule has 0 spiro atoms. The molecule has 1 aromatic carbocycles.